The molecule has 0 saturated heterocycles. The minimum atomic E-state index is -1.05. The van der Waals surface area contributed by atoms with Crippen LogP contribution in [0.15, 0.2) is 48.5 Å². The van der Waals surface area contributed by atoms with E-state index in [0.717, 1.165) is 11.1 Å². The molecule has 3 N–H and O–H groups in total. The van der Waals surface area contributed by atoms with Crippen molar-refractivity contribution in [1.82, 2.24) is 10.6 Å². The Kier molecular flexibility index (Phi) is 9.04. The summed E-state index contributed by atoms with van der Waals surface area (Å²) in [7, 11) is 1.33. The second-order valence-electron chi connectivity index (χ2n) is 8.55. The lowest BCUT2D eigenvalue weighted by Crippen LogP contribution is -2.32. The van der Waals surface area contributed by atoms with Gasteiger partial charge >= 0.3 is 12.1 Å². The summed E-state index contributed by atoms with van der Waals surface area (Å²) in [5.74, 6) is -1.12. The van der Waals surface area contributed by atoms with E-state index in [1.165, 1.54) is 18.2 Å². The maximum Gasteiger partial charge on any atom is 0.407 e. The van der Waals surface area contributed by atoms with Crippen molar-refractivity contribution >= 4 is 18.0 Å². The molecule has 0 radical (unpaired) electrons. The van der Waals surface area contributed by atoms with Crippen LogP contribution in [0.4, 0.5) is 4.79 Å². The molecule has 2 aromatic rings. The SMILES string of the molecule is COC(CCNC(=O)CCC(C)CNC(=O)OCC1c2ccccc2-c2ccccc21)C(=O)O. The molecule has 2 aromatic carbocycles. The van der Waals surface area contributed by atoms with Crippen LogP contribution >= 0.6 is 0 Å². The van der Waals surface area contributed by atoms with Crippen molar-refractivity contribution in [1.29, 1.82) is 0 Å². The monoisotopic (exact) mass is 468 g/mol. The zero-order valence-electron chi connectivity index (χ0n) is 19.6. The van der Waals surface area contributed by atoms with Gasteiger partial charge < -0.3 is 25.2 Å². The molecule has 0 fully saturated rings. The molecule has 8 heteroatoms. The number of alkyl carbamates (subject to hydrolysis) is 1. The maximum absolute atomic E-state index is 12.3. The van der Waals surface area contributed by atoms with Crippen molar-refractivity contribution in [2.75, 3.05) is 26.8 Å². The highest BCUT2D eigenvalue weighted by molar-refractivity contribution is 5.79. The molecule has 8 nitrogen and oxygen atoms in total. The van der Waals surface area contributed by atoms with E-state index in [2.05, 4.69) is 34.9 Å². The first-order valence-corrected chi connectivity index (χ1v) is 11.5. The van der Waals surface area contributed by atoms with Gasteiger partial charge in [0.1, 0.15) is 6.61 Å². The van der Waals surface area contributed by atoms with Crippen molar-refractivity contribution in [3.05, 3.63) is 59.7 Å². The van der Waals surface area contributed by atoms with Gasteiger partial charge in [-0.1, -0.05) is 55.5 Å². The predicted octanol–water partition coefficient (Wildman–Crippen LogP) is 3.55. The van der Waals surface area contributed by atoms with Gasteiger partial charge in [-0.15, -0.1) is 0 Å². The Morgan fingerprint density at radius 2 is 1.59 bits per heavy atom. The lowest BCUT2D eigenvalue weighted by Gasteiger charge is -2.16. The summed E-state index contributed by atoms with van der Waals surface area (Å²) < 4.78 is 10.4. The fourth-order valence-corrected chi connectivity index (χ4v) is 4.16. The molecule has 2 atom stereocenters. The van der Waals surface area contributed by atoms with Crippen LogP contribution in [0.5, 0.6) is 0 Å². The van der Waals surface area contributed by atoms with E-state index in [9.17, 15) is 14.4 Å². The van der Waals surface area contributed by atoms with Gasteiger partial charge in [0.2, 0.25) is 5.91 Å². The van der Waals surface area contributed by atoms with E-state index >= 15 is 0 Å². The zero-order valence-corrected chi connectivity index (χ0v) is 19.6. The molecule has 182 valence electrons. The summed E-state index contributed by atoms with van der Waals surface area (Å²) in [5.41, 5.74) is 4.69. The number of carbonyl (C=O) groups excluding carboxylic acids is 2. The number of hydrogen-bond donors (Lipinski definition) is 3. The van der Waals surface area contributed by atoms with Crippen molar-refractivity contribution in [2.24, 2.45) is 5.92 Å². The van der Waals surface area contributed by atoms with Gasteiger partial charge in [0.05, 0.1) is 0 Å². The Morgan fingerprint density at radius 1 is 0.971 bits per heavy atom. The van der Waals surface area contributed by atoms with E-state index in [4.69, 9.17) is 14.6 Å². The highest BCUT2D eigenvalue weighted by Gasteiger charge is 2.29. The molecular weight excluding hydrogens is 436 g/mol. The van der Waals surface area contributed by atoms with Gasteiger partial charge in [-0.3, -0.25) is 4.79 Å². The van der Waals surface area contributed by atoms with Gasteiger partial charge in [-0.05, 0) is 34.6 Å². The average Bonchev–Trinajstić information content (AvgIpc) is 3.16. The van der Waals surface area contributed by atoms with Crippen LogP contribution in [0.1, 0.15) is 43.2 Å². The first-order chi connectivity index (χ1) is 16.4. The summed E-state index contributed by atoms with van der Waals surface area (Å²) in [4.78, 5) is 35.1. The molecule has 0 heterocycles. The second kappa shape index (κ2) is 12.2. The molecule has 3 rings (SSSR count). The molecule has 0 spiro atoms. The number of methoxy groups -OCH3 is 1. The van der Waals surface area contributed by atoms with E-state index < -0.39 is 18.2 Å². The first kappa shape index (κ1) is 25.2. The van der Waals surface area contributed by atoms with Gasteiger partial charge in [0.25, 0.3) is 0 Å². The Bertz CT molecular complexity index is 963. The van der Waals surface area contributed by atoms with Gasteiger partial charge in [0, 0.05) is 39.0 Å². The normalized spacial score (nSPS) is 13.9. The number of nitrogens with one attached hydrogen (secondary N) is 2. The van der Waals surface area contributed by atoms with Gasteiger partial charge in [-0.2, -0.15) is 0 Å². The average molecular weight is 469 g/mol. The number of ether oxygens (including phenoxy) is 2. The van der Waals surface area contributed by atoms with Crippen LogP contribution in [0.3, 0.4) is 0 Å². The molecule has 34 heavy (non-hydrogen) atoms. The summed E-state index contributed by atoms with van der Waals surface area (Å²) in [5, 5.41) is 14.4. The van der Waals surface area contributed by atoms with Gasteiger partial charge in [-0.25, -0.2) is 9.59 Å². The Morgan fingerprint density at radius 3 is 2.18 bits per heavy atom. The maximum atomic E-state index is 12.3. The van der Waals surface area contributed by atoms with Crippen LogP contribution in [0, 0.1) is 5.92 Å². The number of fused-ring (bicyclic) bond motifs is 3. The summed E-state index contributed by atoms with van der Waals surface area (Å²) in [6.07, 6.45) is -0.324. The van der Waals surface area contributed by atoms with Crippen molar-refractivity contribution in [3.63, 3.8) is 0 Å². The van der Waals surface area contributed by atoms with Crippen molar-refractivity contribution in [2.45, 2.75) is 38.2 Å². The second-order valence-corrected chi connectivity index (χ2v) is 8.55. The van der Waals surface area contributed by atoms with Crippen LogP contribution < -0.4 is 10.6 Å². The number of aliphatic carboxylic acids is 1. The smallest absolute Gasteiger partial charge is 0.407 e. The van der Waals surface area contributed by atoms with Crippen molar-refractivity contribution < 1.29 is 29.0 Å². The number of amides is 2. The number of benzene rings is 2. The topological polar surface area (TPSA) is 114 Å². The molecule has 2 unspecified atom stereocenters. The minimum Gasteiger partial charge on any atom is -0.479 e. The molecule has 0 saturated carbocycles. The number of hydrogen-bond acceptors (Lipinski definition) is 5. The van der Waals surface area contributed by atoms with Crippen LogP contribution in [-0.2, 0) is 19.1 Å². The van der Waals surface area contributed by atoms with Crippen molar-refractivity contribution in [3.8, 4) is 11.1 Å². The molecule has 0 bridgehead atoms. The lowest BCUT2D eigenvalue weighted by atomic mass is 9.98. The predicted molar refractivity (Wildman–Crippen MR) is 128 cm³/mol. The van der Waals surface area contributed by atoms with Crippen LogP contribution in [0.2, 0.25) is 0 Å². The highest BCUT2D eigenvalue weighted by atomic mass is 16.5. The Hall–Kier alpha value is -3.39. The van der Waals surface area contributed by atoms with E-state index in [1.54, 1.807) is 0 Å². The largest absolute Gasteiger partial charge is 0.479 e. The molecular formula is C26H32N2O6. The summed E-state index contributed by atoms with van der Waals surface area (Å²) >= 11 is 0. The van der Waals surface area contributed by atoms with Crippen LogP contribution in [0.25, 0.3) is 11.1 Å². The Balaban J connectivity index is 1.36. The molecule has 0 aliphatic heterocycles. The fraction of sp³-hybridized carbons (Fsp3) is 0.423. The number of carboxylic acids is 1. The van der Waals surface area contributed by atoms with Gasteiger partial charge in [0.15, 0.2) is 6.10 Å². The van der Waals surface area contributed by atoms with Crippen LogP contribution in [-0.4, -0.2) is 56.0 Å². The number of carboxylic acid groups (broad SMARTS) is 1. The fourth-order valence-electron chi connectivity index (χ4n) is 4.16. The lowest BCUT2D eigenvalue weighted by molar-refractivity contribution is -0.149. The number of rotatable bonds is 12. The summed E-state index contributed by atoms with van der Waals surface area (Å²) in [6, 6.07) is 16.4. The molecule has 0 aromatic heterocycles. The highest BCUT2D eigenvalue weighted by Crippen LogP contribution is 2.44. The Labute approximate surface area is 199 Å². The number of carbonyl (C=O) groups is 3. The third kappa shape index (κ3) is 6.57. The minimum absolute atomic E-state index is 0.0121. The molecule has 1 aliphatic rings. The molecule has 2 amide bonds. The first-order valence-electron chi connectivity index (χ1n) is 11.5. The standard InChI is InChI=1S/C26H32N2O6/c1-17(11-12-24(29)27-14-13-23(33-2)25(30)31)15-28-26(32)34-16-22-20-9-5-3-7-18(20)19-8-4-6-10-21(19)22/h3-10,17,22-23H,11-16H2,1-2H3,(H,27,29)(H,28,32)(H,30,31). The van der Waals surface area contributed by atoms with E-state index in [-0.39, 0.29) is 43.7 Å². The van der Waals surface area contributed by atoms with E-state index in [1.807, 2.05) is 31.2 Å². The third-order valence-corrected chi connectivity index (χ3v) is 6.09. The summed E-state index contributed by atoms with van der Waals surface area (Å²) in [6.45, 7) is 2.84. The zero-order chi connectivity index (χ0) is 24.5. The quantitative estimate of drug-likeness (QED) is 0.439. The van der Waals surface area contributed by atoms with E-state index in [0.29, 0.717) is 13.0 Å². The molecule has 1 aliphatic carbocycles. The third-order valence-electron chi connectivity index (χ3n) is 6.09.